The van der Waals surface area contributed by atoms with Crippen LogP contribution in [-0.2, 0) is 22.3 Å². The maximum Gasteiger partial charge on any atom is 0.416 e. The van der Waals surface area contributed by atoms with Gasteiger partial charge in [-0.05, 0) is 60.9 Å². The van der Waals surface area contributed by atoms with E-state index in [0.29, 0.717) is 11.3 Å². The van der Waals surface area contributed by atoms with Crippen LogP contribution in [0, 0.1) is 13.8 Å². The molecule has 0 saturated heterocycles. The third kappa shape index (κ3) is 4.03. The lowest BCUT2D eigenvalue weighted by Gasteiger charge is -2.14. The molecular formula is C24H19F3N2O3. The molecule has 1 N–H and O–H groups in total. The number of aryl methyl sites for hydroxylation is 2. The number of rotatable bonds is 5. The van der Waals surface area contributed by atoms with Gasteiger partial charge in [-0.3, -0.25) is 14.5 Å². The van der Waals surface area contributed by atoms with Gasteiger partial charge in [0, 0.05) is 5.69 Å². The summed E-state index contributed by atoms with van der Waals surface area (Å²) in [4.78, 5) is 27.4. The number of amides is 2. The highest BCUT2D eigenvalue weighted by Gasteiger charge is 2.40. The molecule has 164 valence electrons. The van der Waals surface area contributed by atoms with Crippen molar-refractivity contribution in [2.45, 2.75) is 26.6 Å². The summed E-state index contributed by atoms with van der Waals surface area (Å²) < 4.78 is 44.7. The Bertz CT molecular complexity index is 1230. The first-order valence-corrected chi connectivity index (χ1v) is 9.80. The second-order valence-electron chi connectivity index (χ2n) is 7.53. The molecule has 2 amide bonds. The molecule has 8 heteroatoms. The maximum atomic E-state index is 13.3. The monoisotopic (exact) mass is 440 g/mol. The molecule has 5 nitrogen and oxygen atoms in total. The number of nitrogens with zero attached hydrogens (tertiary/aromatic N) is 1. The number of carbonyl (C=O) groups excluding carboxylic acids is 2. The van der Waals surface area contributed by atoms with Crippen LogP contribution in [0.2, 0.25) is 0 Å². The fraction of sp³-hybridized carbons (Fsp3) is 0.167. The smallest absolute Gasteiger partial charge is 0.416 e. The Morgan fingerprint density at radius 3 is 2.38 bits per heavy atom. The number of nitrogens with one attached hydrogen (secondary N) is 1. The molecule has 0 spiro atoms. The highest BCUT2D eigenvalue weighted by molar-refractivity contribution is 6.36. The van der Waals surface area contributed by atoms with Crippen LogP contribution < -0.4 is 5.32 Å². The number of carbonyl (C=O) groups is 2. The third-order valence-electron chi connectivity index (χ3n) is 5.32. The number of halogens is 3. The molecule has 0 fully saturated rings. The molecule has 2 aromatic carbocycles. The largest absolute Gasteiger partial charge is 0.467 e. The lowest BCUT2D eigenvalue weighted by Crippen LogP contribution is -2.31. The van der Waals surface area contributed by atoms with E-state index in [1.807, 2.05) is 19.9 Å². The van der Waals surface area contributed by atoms with Gasteiger partial charge in [0.2, 0.25) is 0 Å². The van der Waals surface area contributed by atoms with Crippen LogP contribution in [0.5, 0.6) is 0 Å². The molecular weight excluding hydrogens is 421 g/mol. The minimum Gasteiger partial charge on any atom is -0.467 e. The normalized spacial score (nSPS) is 14.5. The first kappa shape index (κ1) is 21.4. The van der Waals surface area contributed by atoms with Gasteiger partial charge in [-0.1, -0.05) is 24.3 Å². The average molecular weight is 440 g/mol. The van der Waals surface area contributed by atoms with Gasteiger partial charge in [0.25, 0.3) is 11.8 Å². The second-order valence-corrected chi connectivity index (χ2v) is 7.53. The van der Waals surface area contributed by atoms with E-state index >= 15 is 0 Å². The van der Waals surface area contributed by atoms with Crippen LogP contribution in [0.1, 0.15) is 28.0 Å². The van der Waals surface area contributed by atoms with Gasteiger partial charge in [0.05, 0.1) is 23.9 Å². The van der Waals surface area contributed by atoms with Gasteiger partial charge < -0.3 is 9.73 Å². The second kappa shape index (κ2) is 8.03. The van der Waals surface area contributed by atoms with Crippen LogP contribution in [-0.4, -0.2) is 16.7 Å². The summed E-state index contributed by atoms with van der Waals surface area (Å²) in [5.41, 5.74) is 1.63. The van der Waals surface area contributed by atoms with Gasteiger partial charge >= 0.3 is 6.18 Å². The van der Waals surface area contributed by atoms with E-state index in [2.05, 4.69) is 5.32 Å². The number of hydrogen-bond donors (Lipinski definition) is 1. The highest BCUT2D eigenvalue weighted by Crippen LogP contribution is 2.34. The molecule has 0 unspecified atom stereocenters. The van der Waals surface area contributed by atoms with Crippen molar-refractivity contribution >= 4 is 23.1 Å². The summed E-state index contributed by atoms with van der Waals surface area (Å²) in [6.07, 6.45) is -3.11. The molecule has 4 rings (SSSR count). The van der Waals surface area contributed by atoms with E-state index in [-0.39, 0.29) is 23.5 Å². The Hall–Kier alpha value is -3.81. The van der Waals surface area contributed by atoms with E-state index < -0.39 is 23.6 Å². The van der Waals surface area contributed by atoms with E-state index in [1.54, 1.807) is 24.3 Å². The van der Waals surface area contributed by atoms with Crippen molar-refractivity contribution in [3.8, 4) is 0 Å². The molecule has 1 aliphatic heterocycles. The first-order valence-electron chi connectivity index (χ1n) is 9.80. The van der Waals surface area contributed by atoms with Crippen LogP contribution >= 0.6 is 0 Å². The Balaban J connectivity index is 1.78. The minimum absolute atomic E-state index is 0.0529. The number of furan rings is 1. The van der Waals surface area contributed by atoms with Gasteiger partial charge in [-0.2, -0.15) is 13.2 Å². The van der Waals surface area contributed by atoms with Crippen molar-refractivity contribution in [2.75, 3.05) is 5.32 Å². The third-order valence-corrected chi connectivity index (χ3v) is 5.32. The Morgan fingerprint density at radius 2 is 1.72 bits per heavy atom. The zero-order valence-corrected chi connectivity index (χ0v) is 17.3. The molecule has 0 atom stereocenters. The quantitative estimate of drug-likeness (QED) is 0.547. The van der Waals surface area contributed by atoms with E-state index in [9.17, 15) is 22.8 Å². The fourth-order valence-electron chi connectivity index (χ4n) is 3.48. The molecule has 0 saturated carbocycles. The number of anilines is 1. The summed E-state index contributed by atoms with van der Waals surface area (Å²) in [5.74, 6) is -0.785. The first-order chi connectivity index (χ1) is 15.1. The van der Waals surface area contributed by atoms with Crippen molar-refractivity contribution in [3.05, 3.63) is 94.6 Å². The molecule has 32 heavy (non-hydrogen) atoms. The zero-order valence-electron chi connectivity index (χ0n) is 17.3. The predicted molar refractivity (Wildman–Crippen MR) is 112 cm³/mol. The van der Waals surface area contributed by atoms with Crippen molar-refractivity contribution in [3.63, 3.8) is 0 Å². The van der Waals surface area contributed by atoms with Crippen molar-refractivity contribution in [2.24, 2.45) is 0 Å². The summed E-state index contributed by atoms with van der Waals surface area (Å²) >= 11 is 0. The molecule has 3 aromatic rings. The summed E-state index contributed by atoms with van der Waals surface area (Å²) in [5, 5.41) is 2.76. The fourth-order valence-corrected chi connectivity index (χ4v) is 3.48. The maximum absolute atomic E-state index is 13.3. The Labute approximate surface area is 182 Å². The van der Waals surface area contributed by atoms with Crippen LogP contribution in [0.4, 0.5) is 18.9 Å². The molecule has 0 aliphatic carbocycles. The Morgan fingerprint density at radius 1 is 0.938 bits per heavy atom. The molecule has 0 radical (unpaired) electrons. The van der Waals surface area contributed by atoms with Crippen LogP contribution in [0.3, 0.4) is 0 Å². The number of benzene rings is 2. The van der Waals surface area contributed by atoms with Crippen molar-refractivity contribution in [1.29, 1.82) is 0 Å². The standard InChI is InChI=1S/C24H19F3N2O3/c1-14-8-9-16(11-15(14)2)20-21(28-18-6-3-5-17(12-18)24(25,26)27)23(31)29(22(20)30)13-19-7-4-10-32-19/h3-12,28H,13H2,1-2H3. The van der Waals surface area contributed by atoms with Gasteiger partial charge in [0.1, 0.15) is 11.5 Å². The lowest BCUT2D eigenvalue weighted by molar-refractivity contribution is -0.138. The average Bonchev–Trinajstić information content (AvgIpc) is 3.33. The van der Waals surface area contributed by atoms with Gasteiger partial charge in [-0.15, -0.1) is 0 Å². The molecule has 1 aliphatic rings. The Kier molecular flexibility index (Phi) is 5.38. The minimum atomic E-state index is -4.54. The van der Waals surface area contributed by atoms with E-state index in [1.165, 1.54) is 18.4 Å². The van der Waals surface area contributed by atoms with E-state index in [4.69, 9.17) is 4.42 Å². The summed E-state index contributed by atoms with van der Waals surface area (Å²) in [7, 11) is 0. The van der Waals surface area contributed by atoms with Gasteiger partial charge in [0.15, 0.2) is 0 Å². The SMILES string of the molecule is Cc1ccc(C2=C(Nc3cccc(C(F)(F)F)c3)C(=O)N(Cc3ccco3)C2=O)cc1C. The number of alkyl halides is 3. The predicted octanol–water partition coefficient (Wildman–Crippen LogP) is 5.31. The van der Waals surface area contributed by atoms with Crippen LogP contribution in [0.15, 0.2) is 71.0 Å². The number of imide groups is 1. The topological polar surface area (TPSA) is 62.6 Å². The van der Waals surface area contributed by atoms with Gasteiger partial charge in [-0.25, -0.2) is 0 Å². The summed E-state index contributed by atoms with van der Waals surface area (Å²) in [6, 6.07) is 13.1. The summed E-state index contributed by atoms with van der Waals surface area (Å²) in [6.45, 7) is 3.70. The lowest BCUT2D eigenvalue weighted by atomic mass is 9.99. The highest BCUT2D eigenvalue weighted by atomic mass is 19.4. The van der Waals surface area contributed by atoms with Crippen LogP contribution in [0.25, 0.3) is 5.57 Å². The number of hydrogen-bond acceptors (Lipinski definition) is 4. The van der Waals surface area contributed by atoms with Crippen molar-refractivity contribution < 1.29 is 27.2 Å². The zero-order chi connectivity index (χ0) is 23.0. The molecule has 2 heterocycles. The van der Waals surface area contributed by atoms with E-state index in [0.717, 1.165) is 28.2 Å². The molecule has 1 aromatic heterocycles. The molecule has 0 bridgehead atoms. The van der Waals surface area contributed by atoms with Crippen molar-refractivity contribution in [1.82, 2.24) is 4.90 Å².